The first-order valence-electron chi connectivity index (χ1n) is 10.4. The summed E-state index contributed by atoms with van der Waals surface area (Å²) in [4.78, 5) is 11.6. The molecule has 0 amide bonds. The zero-order valence-corrected chi connectivity index (χ0v) is 19.9. The van der Waals surface area contributed by atoms with E-state index in [9.17, 15) is 9.18 Å². The Morgan fingerprint density at radius 3 is 2.58 bits per heavy atom. The zero-order chi connectivity index (χ0) is 22.2. The summed E-state index contributed by atoms with van der Waals surface area (Å²) in [7, 11) is 0. The van der Waals surface area contributed by atoms with Crippen LogP contribution < -0.4 is 4.74 Å². The van der Waals surface area contributed by atoms with Crippen LogP contribution in [-0.2, 0) is 29.0 Å². The summed E-state index contributed by atoms with van der Waals surface area (Å²) in [6.45, 7) is 4.41. The van der Waals surface area contributed by atoms with Gasteiger partial charge in [0.1, 0.15) is 6.61 Å². The molecule has 0 aliphatic carbocycles. The van der Waals surface area contributed by atoms with E-state index in [0.717, 1.165) is 35.5 Å². The number of esters is 1. The molecule has 0 saturated heterocycles. The monoisotopic (exact) mass is 536 g/mol. The average molecular weight is 536 g/mol. The molecule has 5 nitrogen and oxygen atoms in total. The standard InChI is InChI=1S/C24H26FIN2O3/c1-3-8-18-15-20(28(27-18)19-9-6-5-7-10-19)16-31-24-21(25)13-17(14-22(24)26)11-12-23(29)30-4-2/h5-7,9-10,13-15H,3-4,8,11-12,16H2,1-2H3. The molecule has 0 saturated carbocycles. The van der Waals surface area contributed by atoms with Crippen LogP contribution in [0.15, 0.2) is 48.5 Å². The molecule has 1 aromatic heterocycles. The van der Waals surface area contributed by atoms with Crippen LogP contribution in [-0.4, -0.2) is 22.4 Å². The van der Waals surface area contributed by atoms with Gasteiger partial charge in [0.05, 0.1) is 27.3 Å². The summed E-state index contributed by atoms with van der Waals surface area (Å²) in [5, 5.41) is 4.69. The van der Waals surface area contributed by atoms with E-state index in [-0.39, 0.29) is 24.7 Å². The molecule has 164 valence electrons. The van der Waals surface area contributed by atoms with Crippen molar-refractivity contribution < 1.29 is 18.7 Å². The van der Waals surface area contributed by atoms with E-state index in [1.54, 1.807) is 6.92 Å². The lowest BCUT2D eigenvalue weighted by Gasteiger charge is -2.12. The third-order valence-electron chi connectivity index (χ3n) is 4.69. The molecule has 0 spiro atoms. The number of carbonyl (C=O) groups is 1. The Hall–Kier alpha value is -2.42. The quantitative estimate of drug-likeness (QED) is 0.249. The van der Waals surface area contributed by atoms with E-state index in [1.165, 1.54) is 6.07 Å². The number of rotatable bonds is 10. The van der Waals surface area contributed by atoms with E-state index in [1.807, 2.05) is 47.1 Å². The van der Waals surface area contributed by atoms with Gasteiger partial charge in [-0.2, -0.15) is 5.10 Å². The SMILES string of the molecule is CCCc1cc(COc2c(F)cc(CCC(=O)OCC)cc2I)n(-c2ccccc2)n1. The van der Waals surface area contributed by atoms with E-state index < -0.39 is 5.82 Å². The number of hydrogen-bond donors (Lipinski definition) is 0. The molecule has 0 atom stereocenters. The largest absolute Gasteiger partial charge is 0.483 e. The van der Waals surface area contributed by atoms with Gasteiger partial charge in [0.2, 0.25) is 0 Å². The first-order chi connectivity index (χ1) is 15.0. The lowest BCUT2D eigenvalue weighted by atomic mass is 10.1. The van der Waals surface area contributed by atoms with Gasteiger partial charge >= 0.3 is 5.97 Å². The van der Waals surface area contributed by atoms with Crippen LogP contribution in [0.3, 0.4) is 0 Å². The fourth-order valence-electron chi connectivity index (χ4n) is 3.27. The maximum atomic E-state index is 14.8. The highest BCUT2D eigenvalue weighted by Gasteiger charge is 2.15. The first-order valence-corrected chi connectivity index (χ1v) is 11.5. The molecule has 3 aromatic rings. The minimum atomic E-state index is -0.440. The fourth-order valence-corrected chi connectivity index (χ4v) is 4.08. The maximum Gasteiger partial charge on any atom is 0.306 e. The summed E-state index contributed by atoms with van der Waals surface area (Å²) in [6, 6.07) is 15.1. The number of benzene rings is 2. The first kappa shape index (κ1) is 23.2. The Morgan fingerprint density at radius 2 is 1.90 bits per heavy atom. The van der Waals surface area contributed by atoms with Crippen LogP contribution >= 0.6 is 22.6 Å². The molecule has 31 heavy (non-hydrogen) atoms. The summed E-state index contributed by atoms with van der Waals surface area (Å²) in [6.07, 6.45) is 2.51. The molecule has 0 unspecified atom stereocenters. The molecule has 0 N–H and O–H groups in total. The lowest BCUT2D eigenvalue weighted by Crippen LogP contribution is -2.08. The van der Waals surface area contributed by atoms with Crippen LogP contribution in [0.5, 0.6) is 5.75 Å². The number of aromatic nitrogens is 2. The van der Waals surface area contributed by atoms with Crippen LogP contribution in [0.2, 0.25) is 0 Å². The van der Waals surface area contributed by atoms with E-state index in [4.69, 9.17) is 14.6 Å². The maximum absolute atomic E-state index is 14.8. The van der Waals surface area contributed by atoms with Gasteiger partial charge in [-0.3, -0.25) is 4.79 Å². The number of nitrogens with zero attached hydrogens (tertiary/aromatic N) is 2. The Morgan fingerprint density at radius 1 is 1.13 bits per heavy atom. The van der Waals surface area contributed by atoms with Gasteiger partial charge in [-0.15, -0.1) is 0 Å². The van der Waals surface area contributed by atoms with E-state index in [0.29, 0.717) is 16.6 Å². The molecule has 7 heteroatoms. The predicted molar refractivity (Wildman–Crippen MR) is 126 cm³/mol. The van der Waals surface area contributed by atoms with Gasteiger partial charge in [0.15, 0.2) is 11.6 Å². The van der Waals surface area contributed by atoms with Crippen molar-refractivity contribution >= 4 is 28.6 Å². The molecule has 2 aromatic carbocycles. The van der Waals surface area contributed by atoms with Crippen molar-refractivity contribution in [2.75, 3.05) is 6.61 Å². The molecule has 0 aliphatic rings. The van der Waals surface area contributed by atoms with Gasteiger partial charge in [-0.1, -0.05) is 31.5 Å². The topological polar surface area (TPSA) is 53.4 Å². The van der Waals surface area contributed by atoms with E-state index >= 15 is 0 Å². The molecule has 0 fully saturated rings. The Bertz CT molecular complexity index is 998. The van der Waals surface area contributed by atoms with Gasteiger partial charge in [0, 0.05) is 6.42 Å². The minimum Gasteiger partial charge on any atom is -0.483 e. The molecule has 3 rings (SSSR count). The Kier molecular flexibility index (Phi) is 8.45. The number of aryl methyl sites for hydroxylation is 2. The predicted octanol–water partition coefficient (Wildman–Crippen LogP) is 5.64. The van der Waals surface area contributed by atoms with Gasteiger partial charge in [0.25, 0.3) is 0 Å². The second kappa shape index (κ2) is 11.3. The molecular weight excluding hydrogens is 510 g/mol. The molecular formula is C24H26FIN2O3. The zero-order valence-electron chi connectivity index (χ0n) is 17.7. The minimum absolute atomic E-state index is 0.195. The number of halogens is 2. The third-order valence-corrected chi connectivity index (χ3v) is 5.49. The summed E-state index contributed by atoms with van der Waals surface area (Å²) in [5.41, 5.74) is 3.51. The molecule has 1 heterocycles. The highest BCUT2D eigenvalue weighted by atomic mass is 127. The summed E-state index contributed by atoms with van der Waals surface area (Å²) >= 11 is 2.06. The van der Waals surface area contributed by atoms with Crippen molar-refractivity contribution in [2.24, 2.45) is 0 Å². The smallest absolute Gasteiger partial charge is 0.306 e. The van der Waals surface area contributed by atoms with Gasteiger partial charge < -0.3 is 9.47 Å². The normalized spacial score (nSPS) is 10.8. The number of hydrogen-bond acceptors (Lipinski definition) is 4. The average Bonchev–Trinajstić information content (AvgIpc) is 3.15. The number of ether oxygens (including phenoxy) is 2. The van der Waals surface area contributed by atoms with Crippen LogP contribution in [0.25, 0.3) is 5.69 Å². The lowest BCUT2D eigenvalue weighted by molar-refractivity contribution is -0.143. The summed E-state index contributed by atoms with van der Waals surface area (Å²) in [5.74, 6) is -0.515. The Balaban J connectivity index is 1.76. The third kappa shape index (κ3) is 6.29. The number of para-hydroxylation sites is 1. The molecule has 0 radical (unpaired) electrons. The summed E-state index contributed by atoms with van der Waals surface area (Å²) < 4.78 is 28.1. The van der Waals surface area contributed by atoms with Crippen molar-refractivity contribution in [3.05, 3.63) is 74.9 Å². The Labute approximate surface area is 195 Å². The van der Waals surface area contributed by atoms with Crippen molar-refractivity contribution in [2.45, 2.75) is 46.1 Å². The highest BCUT2D eigenvalue weighted by molar-refractivity contribution is 14.1. The van der Waals surface area contributed by atoms with E-state index in [2.05, 4.69) is 29.5 Å². The van der Waals surface area contributed by atoms with Crippen molar-refractivity contribution in [3.63, 3.8) is 0 Å². The van der Waals surface area contributed by atoms with Gasteiger partial charge in [-0.25, -0.2) is 9.07 Å². The number of carbonyl (C=O) groups excluding carboxylic acids is 1. The van der Waals surface area contributed by atoms with Crippen molar-refractivity contribution in [1.82, 2.24) is 9.78 Å². The van der Waals surface area contributed by atoms with Crippen LogP contribution in [0, 0.1) is 9.39 Å². The molecule has 0 bridgehead atoms. The van der Waals surface area contributed by atoms with Crippen LogP contribution in [0.1, 0.15) is 43.6 Å². The fraction of sp³-hybridized carbons (Fsp3) is 0.333. The van der Waals surface area contributed by atoms with Crippen molar-refractivity contribution in [1.29, 1.82) is 0 Å². The second-order valence-electron chi connectivity index (χ2n) is 7.11. The van der Waals surface area contributed by atoms with Crippen molar-refractivity contribution in [3.8, 4) is 11.4 Å². The molecule has 0 aliphatic heterocycles. The highest BCUT2D eigenvalue weighted by Crippen LogP contribution is 2.28. The van der Waals surface area contributed by atoms with Gasteiger partial charge in [-0.05, 0) is 78.3 Å². The van der Waals surface area contributed by atoms with Crippen LogP contribution in [0.4, 0.5) is 4.39 Å². The second-order valence-corrected chi connectivity index (χ2v) is 8.27.